The molecule has 0 aliphatic heterocycles. The SMILES string of the molecule is C/C=C\C.C=CCC.CCC/C(=C\c1sc(N(c2ccccc2)c2ccccc2)nc1-c1ccccc1)N=C(S)N(c1ccccc1)c1ccccc1. The number of rotatable bonds is 11. The number of benzene rings is 5. The number of thiol groups is 1. The summed E-state index contributed by atoms with van der Waals surface area (Å²) in [6.07, 6.45) is 10.9. The molecule has 0 N–H and O–H groups in total. The van der Waals surface area contributed by atoms with E-state index in [9.17, 15) is 0 Å². The molecule has 5 aromatic carbocycles. The van der Waals surface area contributed by atoms with Crippen LogP contribution in [0.2, 0.25) is 0 Å². The van der Waals surface area contributed by atoms with Gasteiger partial charge in [-0.3, -0.25) is 9.80 Å². The molecule has 0 saturated carbocycles. The average molecular weight is 735 g/mol. The molecular formula is C47H50N4S2. The Kier molecular flexibility index (Phi) is 17.1. The minimum Gasteiger partial charge on any atom is -0.290 e. The first-order chi connectivity index (χ1) is 26.0. The van der Waals surface area contributed by atoms with Crippen LogP contribution in [0.4, 0.5) is 27.9 Å². The molecule has 0 saturated heterocycles. The van der Waals surface area contributed by atoms with Crippen molar-refractivity contribution in [1.82, 2.24) is 4.98 Å². The predicted molar refractivity (Wildman–Crippen MR) is 238 cm³/mol. The van der Waals surface area contributed by atoms with Crippen molar-refractivity contribution in [3.63, 3.8) is 0 Å². The summed E-state index contributed by atoms with van der Waals surface area (Å²) in [4.78, 5) is 15.8. The summed E-state index contributed by atoms with van der Waals surface area (Å²) in [5.41, 5.74) is 7.04. The molecule has 0 atom stereocenters. The number of aromatic nitrogens is 1. The minimum atomic E-state index is 0.605. The third-order valence-corrected chi connectivity index (χ3v) is 9.10. The van der Waals surface area contributed by atoms with Gasteiger partial charge in [0, 0.05) is 34.0 Å². The van der Waals surface area contributed by atoms with Crippen molar-refractivity contribution >= 4 is 63.1 Å². The van der Waals surface area contributed by atoms with Crippen LogP contribution >= 0.6 is 24.0 Å². The zero-order valence-electron chi connectivity index (χ0n) is 31.2. The van der Waals surface area contributed by atoms with E-state index >= 15 is 0 Å². The van der Waals surface area contributed by atoms with Gasteiger partial charge < -0.3 is 0 Å². The number of hydrogen-bond acceptors (Lipinski definition) is 4. The van der Waals surface area contributed by atoms with Crippen molar-refractivity contribution in [2.75, 3.05) is 9.80 Å². The molecular weight excluding hydrogens is 685 g/mol. The lowest BCUT2D eigenvalue weighted by Crippen LogP contribution is -2.21. The van der Waals surface area contributed by atoms with Crippen LogP contribution in [0.25, 0.3) is 17.3 Å². The van der Waals surface area contributed by atoms with Crippen molar-refractivity contribution < 1.29 is 0 Å². The van der Waals surface area contributed by atoms with E-state index in [0.717, 1.165) is 69.0 Å². The maximum Gasteiger partial charge on any atom is 0.195 e. The molecule has 6 heteroatoms. The van der Waals surface area contributed by atoms with Crippen LogP contribution in [0.3, 0.4) is 0 Å². The van der Waals surface area contributed by atoms with Gasteiger partial charge in [0.25, 0.3) is 0 Å². The van der Waals surface area contributed by atoms with E-state index in [1.54, 1.807) is 11.3 Å². The zero-order chi connectivity index (χ0) is 37.7. The predicted octanol–water partition coefficient (Wildman–Crippen LogP) is 14.7. The van der Waals surface area contributed by atoms with Gasteiger partial charge in [0.15, 0.2) is 10.3 Å². The van der Waals surface area contributed by atoms with Crippen LogP contribution in [0.1, 0.15) is 51.8 Å². The molecule has 53 heavy (non-hydrogen) atoms. The number of anilines is 5. The molecule has 0 unspecified atom stereocenters. The molecule has 6 aromatic rings. The van der Waals surface area contributed by atoms with Gasteiger partial charge >= 0.3 is 0 Å². The second-order valence-electron chi connectivity index (χ2n) is 11.7. The first kappa shape index (κ1) is 40.3. The van der Waals surface area contributed by atoms with E-state index in [1.807, 2.05) is 86.7 Å². The number of thiazole rings is 1. The fourth-order valence-electron chi connectivity index (χ4n) is 5.12. The van der Waals surface area contributed by atoms with Gasteiger partial charge in [0.2, 0.25) is 0 Å². The van der Waals surface area contributed by atoms with Gasteiger partial charge in [-0.15, -0.1) is 19.2 Å². The monoisotopic (exact) mass is 734 g/mol. The molecule has 0 fully saturated rings. The van der Waals surface area contributed by atoms with Crippen molar-refractivity contribution in [1.29, 1.82) is 0 Å². The summed E-state index contributed by atoms with van der Waals surface area (Å²) in [6, 6.07) is 51.7. The quantitative estimate of drug-likeness (QED) is 0.0622. The fourth-order valence-corrected chi connectivity index (χ4v) is 6.57. The largest absolute Gasteiger partial charge is 0.290 e. The number of para-hydroxylation sites is 4. The third kappa shape index (κ3) is 12.1. The Labute approximate surface area is 326 Å². The average Bonchev–Trinajstić information content (AvgIpc) is 3.63. The molecule has 1 heterocycles. The first-order valence-electron chi connectivity index (χ1n) is 18.1. The molecule has 1 aromatic heterocycles. The van der Waals surface area contributed by atoms with Crippen LogP contribution < -0.4 is 9.80 Å². The Bertz CT molecular complexity index is 1920. The minimum absolute atomic E-state index is 0.605. The maximum absolute atomic E-state index is 5.28. The summed E-state index contributed by atoms with van der Waals surface area (Å²) in [6.45, 7) is 11.7. The number of aliphatic imine (C=N–C) groups is 1. The number of nitrogens with zero attached hydrogens (tertiary/aromatic N) is 4. The molecule has 6 rings (SSSR count). The van der Waals surface area contributed by atoms with E-state index in [-0.39, 0.29) is 0 Å². The van der Waals surface area contributed by atoms with Gasteiger partial charge in [0.05, 0.1) is 10.6 Å². The smallest absolute Gasteiger partial charge is 0.195 e. The van der Waals surface area contributed by atoms with E-state index in [1.165, 1.54) is 0 Å². The Hall–Kier alpha value is -5.43. The van der Waals surface area contributed by atoms with Gasteiger partial charge in [-0.05, 0) is 81.3 Å². The summed E-state index contributed by atoms with van der Waals surface area (Å²) in [7, 11) is 0. The standard InChI is InChI=1S/C39H34N4S2.2C4H8/c1-2-18-31(40-38(44)42(32-21-10-4-11-22-32)33-23-12-5-13-24-33)29-36-37(30-19-8-3-9-20-30)41-39(45-36)43(34-25-14-6-15-26-34)35-27-16-7-17-28-35;2*1-3-4-2/h3-17,19-29H,2,18H2,1H3,(H,40,44);3-4H,1-2H3;3H,1,4H2,2H3/b31-29+;4-3-;. The molecule has 0 spiro atoms. The first-order valence-corrected chi connectivity index (χ1v) is 19.3. The lowest BCUT2D eigenvalue weighted by atomic mass is 10.1. The van der Waals surface area contributed by atoms with E-state index < -0.39 is 0 Å². The van der Waals surface area contributed by atoms with E-state index in [2.05, 4.69) is 133 Å². The number of hydrogen-bond donors (Lipinski definition) is 1. The summed E-state index contributed by atoms with van der Waals surface area (Å²) in [5.74, 6) is 0. The summed E-state index contributed by atoms with van der Waals surface area (Å²) >= 11 is 6.66. The third-order valence-electron chi connectivity index (χ3n) is 7.81. The van der Waals surface area contributed by atoms with Crippen LogP contribution in [0.5, 0.6) is 0 Å². The van der Waals surface area contributed by atoms with Gasteiger partial charge in [-0.2, -0.15) is 0 Å². The van der Waals surface area contributed by atoms with Crippen molar-refractivity contribution in [2.24, 2.45) is 4.99 Å². The molecule has 0 aliphatic carbocycles. The fraction of sp³-hybridized carbons (Fsp3) is 0.149. The Morgan fingerprint density at radius 3 is 1.49 bits per heavy atom. The lowest BCUT2D eigenvalue weighted by Gasteiger charge is -2.24. The van der Waals surface area contributed by atoms with Crippen LogP contribution in [0.15, 0.2) is 187 Å². The molecule has 0 aliphatic rings. The van der Waals surface area contributed by atoms with Gasteiger partial charge in [-0.25, -0.2) is 9.98 Å². The van der Waals surface area contributed by atoms with Crippen LogP contribution in [0, 0.1) is 0 Å². The molecule has 0 amide bonds. The van der Waals surface area contributed by atoms with Crippen LogP contribution in [-0.4, -0.2) is 10.2 Å². The normalized spacial score (nSPS) is 11.2. The van der Waals surface area contributed by atoms with Crippen molar-refractivity contribution in [3.05, 3.63) is 187 Å². The second kappa shape index (κ2) is 22.5. The Balaban J connectivity index is 0.000000714. The number of amidine groups is 1. The van der Waals surface area contributed by atoms with Crippen LogP contribution in [-0.2, 0) is 0 Å². The van der Waals surface area contributed by atoms with Gasteiger partial charge in [-0.1, -0.05) is 153 Å². The molecule has 4 nitrogen and oxygen atoms in total. The molecule has 0 bridgehead atoms. The van der Waals surface area contributed by atoms with E-state index in [4.69, 9.17) is 22.6 Å². The lowest BCUT2D eigenvalue weighted by molar-refractivity contribution is 0.900. The highest BCUT2D eigenvalue weighted by molar-refractivity contribution is 7.97. The van der Waals surface area contributed by atoms with E-state index in [0.29, 0.717) is 5.17 Å². The Morgan fingerprint density at radius 1 is 0.679 bits per heavy atom. The highest BCUT2D eigenvalue weighted by Crippen LogP contribution is 2.42. The molecule has 270 valence electrons. The second-order valence-corrected chi connectivity index (χ2v) is 13.2. The number of allylic oxidation sites excluding steroid dienone is 4. The van der Waals surface area contributed by atoms with Crippen molar-refractivity contribution in [3.8, 4) is 11.3 Å². The van der Waals surface area contributed by atoms with Crippen molar-refractivity contribution in [2.45, 2.75) is 47.0 Å². The Morgan fingerprint density at radius 2 is 1.09 bits per heavy atom. The summed E-state index contributed by atoms with van der Waals surface area (Å²) < 4.78 is 0. The molecule has 0 radical (unpaired) electrons. The zero-order valence-corrected chi connectivity index (χ0v) is 32.9. The topological polar surface area (TPSA) is 31.7 Å². The van der Waals surface area contributed by atoms with Gasteiger partial charge in [0.1, 0.15) is 0 Å². The summed E-state index contributed by atoms with van der Waals surface area (Å²) in [5, 5.41) is 1.49. The highest BCUT2D eigenvalue weighted by Gasteiger charge is 2.21. The highest BCUT2D eigenvalue weighted by atomic mass is 32.1. The maximum atomic E-state index is 5.28.